The van der Waals surface area contributed by atoms with Crippen LogP contribution in [-0.2, 0) is 4.74 Å². The maximum absolute atomic E-state index is 5.54. The van der Waals surface area contributed by atoms with Crippen molar-refractivity contribution in [2.75, 3.05) is 26.3 Å². The molecule has 0 amide bonds. The number of hydrogen-bond acceptors (Lipinski definition) is 2. The van der Waals surface area contributed by atoms with Crippen molar-refractivity contribution in [3.63, 3.8) is 0 Å². The van der Waals surface area contributed by atoms with Crippen LogP contribution in [0.2, 0.25) is 0 Å². The van der Waals surface area contributed by atoms with Gasteiger partial charge in [-0.3, -0.25) is 4.90 Å². The summed E-state index contributed by atoms with van der Waals surface area (Å²) in [5.41, 5.74) is 0.579. The van der Waals surface area contributed by atoms with Crippen molar-refractivity contribution in [1.82, 2.24) is 4.90 Å². The highest BCUT2D eigenvalue weighted by molar-refractivity contribution is 4.96. The first-order chi connectivity index (χ1) is 6.38. The lowest BCUT2D eigenvalue weighted by atomic mass is 9.86. The monoisotopic (exact) mass is 181 g/mol. The Kier molecular flexibility index (Phi) is 1.88. The Bertz CT molecular complexity index is 194. The predicted octanol–water partition coefficient (Wildman–Crippen LogP) is 1.65. The van der Waals surface area contributed by atoms with E-state index in [0.717, 1.165) is 19.3 Å². The molecule has 1 atom stereocenters. The van der Waals surface area contributed by atoms with Gasteiger partial charge in [0.25, 0.3) is 0 Å². The normalized spacial score (nSPS) is 41.5. The molecule has 1 aliphatic carbocycles. The molecule has 2 heterocycles. The summed E-state index contributed by atoms with van der Waals surface area (Å²) in [5.74, 6) is 0. The summed E-state index contributed by atoms with van der Waals surface area (Å²) in [6, 6.07) is 0.944. The summed E-state index contributed by atoms with van der Waals surface area (Å²) in [5, 5.41) is 0. The topological polar surface area (TPSA) is 12.5 Å². The van der Waals surface area contributed by atoms with Gasteiger partial charge in [-0.25, -0.2) is 0 Å². The standard InChI is InChI=1S/C11H19NO/c1-2-10(3-1)12-6-4-11(8-12)5-7-13-9-11/h10H,1-9H2. The second-order valence-corrected chi connectivity index (χ2v) is 5.11. The fourth-order valence-electron chi connectivity index (χ4n) is 3.00. The highest BCUT2D eigenvalue weighted by Crippen LogP contribution is 2.41. The van der Waals surface area contributed by atoms with Gasteiger partial charge in [0.15, 0.2) is 0 Å². The van der Waals surface area contributed by atoms with Gasteiger partial charge in [-0.1, -0.05) is 6.42 Å². The smallest absolute Gasteiger partial charge is 0.0536 e. The number of rotatable bonds is 1. The molecule has 0 radical (unpaired) electrons. The molecule has 1 unspecified atom stereocenters. The van der Waals surface area contributed by atoms with Crippen molar-refractivity contribution in [2.24, 2.45) is 5.41 Å². The van der Waals surface area contributed by atoms with E-state index in [1.165, 1.54) is 45.2 Å². The summed E-state index contributed by atoms with van der Waals surface area (Å²) in [4.78, 5) is 2.72. The molecule has 3 rings (SSSR count). The summed E-state index contributed by atoms with van der Waals surface area (Å²) in [7, 11) is 0. The third kappa shape index (κ3) is 1.31. The summed E-state index contributed by atoms with van der Waals surface area (Å²) in [6.07, 6.45) is 7.08. The largest absolute Gasteiger partial charge is 0.381 e. The van der Waals surface area contributed by atoms with Crippen LogP contribution >= 0.6 is 0 Å². The molecular weight excluding hydrogens is 162 g/mol. The van der Waals surface area contributed by atoms with Crippen molar-refractivity contribution in [3.8, 4) is 0 Å². The fourth-order valence-corrected chi connectivity index (χ4v) is 3.00. The third-order valence-electron chi connectivity index (χ3n) is 4.24. The zero-order chi connectivity index (χ0) is 8.73. The van der Waals surface area contributed by atoms with E-state index in [-0.39, 0.29) is 0 Å². The minimum absolute atomic E-state index is 0.579. The molecule has 3 aliphatic rings. The SMILES string of the molecule is C1CC(N2CCC3(CCOC3)C2)C1. The third-order valence-corrected chi connectivity index (χ3v) is 4.24. The van der Waals surface area contributed by atoms with Crippen molar-refractivity contribution in [3.05, 3.63) is 0 Å². The maximum atomic E-state index is 5.54. The zero-order valence-electron chi connectivity index (χ0n) is 8.30. The van der Waals surface area contributed by atoms with E-state index in [1.807, 2.05) is 0 Å². The molecule has 0 aromatic carbocycles. The average Bonchev–Trinajstić information content (AvgIpc) is 2.60. The van der Waals surface area contributed by atoms with Crippen molar-refractivity contribution in [1.29, 1.82) is 0 Å². The maximum Gasteiger partial charge on any atom is 0.0536 e. The van der Waals surface area contributed by atoms with Gasteiger partial charge < -0.3 is 4.74 Å². The van der Waals surface area contributed by atoms with E-state index in [4.69, 9.17) is 4.74 Å². The first-order valence-corrected chi connectivity index (χ1v) is 5.70. The molecule has 2 nitrogen and oxygen atoms in total. The Morgan fingerprint density at radius 2 is 2.15 bits per heavy atom. The molecular formula is C11H19NO. The number of hydrogen-bond donors (Lipinski definition) is 0. The van der Waals surface area contributed by atoms with E-state index in [9.17, 15) is 0 Å². The molecule has 0 bridgehead atoms. The van der Waals surface area contributed by atoms with E-state index >= 15 is 0 Å². The number of ether oxygens (including phenoxy) is 1. The lowest BCUT2D eigenvalue weighted by Crippen LogP contribution is -2.40. The van der Waals surface area contributed by atoms with E-state index in [2.05, 4.69) is 4.90 Å². The fraction of sp³-hybridized carbons (Fsp3) is 1.00. The number of nitrogens with zero attached hydrogens (tertiary/aromatic N) is 1. The Balaban J connectivity index is 1.63. The predicted molar refractivity (Wildman–Crippen MR) is 51.7 cm³/mol. The number of likely N-dealkylation sites (tertiary alicyclic amines) is 1. The first-order valence-electron chi connectivity index (χ1n) is 5.70. The molecule has 2 heteroatoms. The van der Waals surface area contributed by atoms with Gasteiger partial charge in [0.1, 0.15) is 0 Å². The van der Waals surface area contributed by atoms with Gasteiger partial charge in [0.05, 0.1) is 6.61 Å². The molecule has 2 aliphatic heterocycles. The van der Waals surface area contributed by atoms with Crippen molar-refractivity contribution < 1.29 is 4.74 Å². The molecule has 1 spiro atoms. The lowest BCUT2D eigenvalue weighted by molar-refractivity contribution is 0.121. The lowest BCUT2D eigenvalue weighted by Gasteiger charge is -2.35. The average molecular weight is 181 g/mol. The Morgan fingerprint density at radius 3 is 2.77 bits per heavy atom. The highest BCUT2D eigenvalue weighted by atomic mass is 16.5. The summed E-state index contributed by atoms with van der Waals surface area (Å²) < 4.78 is 5.54. The molecule has 0 aromatic rings. The molecule has 1 saturated carbocycles. The van der Waals surface area contributed by atoms with Gasteiger partial charge in [-0.15, -0.1) is 0 Å². The van der Waals surface area contributed by atoms with Crippen molar-refractivity contribution >= 4 is 0 Å². The van der Waals surface area contributed by atoms with Gasteiger partial charge in [-0.05, 0) is 32.2 Å². The summed E-state index contributed by atoms with van der Waals surface area (Å²) in [6.45, 7) is 4.72. The molecule has 13 heavy (non-hydrogen) atoms. The zero-order valence-corrected chi connectivity index (χ0v) is 8.30. The van der Waals surface area contributed by atoms with Crippen molar-refractivity contribution in [2.45, 2.75) is 38.1 Å². The Morgan fingerprint density at radius 1 is 1.23 bits per heavy atom. The van der Waals surface area contributed by atoms with Gasteiger partial charge >= 0.3 is 0 Å². The van der Waals surface area contributed by atoms with Crippen LogP contribution in [0.25, 0.3) is 0 Å². The first kappa shape index (κ1) is 8.25. The highest BCUT2D eigenvalue weighted by Gasteiger charge is 2.43. The van der Waals surface area contributed by atoms with Gasteiger partial charge in [0.2, 0.25) is 0 Å². The van der Waals surface area contributed by atoms with E-state index < -0.39 is 0 Å². The Labute approximate surface area is 80.2 Å². The van der Waals surface area contributed by atoms with E-state index in [1.54, 1.807) is 0 Å². The summed E-state index contributed by atoms with van der Waals surface area (Å²) >= 11 is 0. The minimum atomic E-state index is 0.579. The van der Waals surface area contributed by atoms with Crippen LogP contribution in [-0.4, -0.2) is 37.2 Å². The van der Waals surface area contributed by atoms with E-state index in [0.29, 0.717) is 5.41 Å². The molecule has 0 aromatic heterocycles. The van der Waals surface area contributed by atoms with Crippen LogP contribution in [0.4, 0.5) is 0 Å². The second-order valence-electron chi connectivity index (χ2n) is 5.11. The van der Waals surface area contributed by atoms with Gasteiger partial charge in [0, 0.05) is 24.6 Å². The molecule has 3 fully saturated rings. The van der Waals surface area contributed by atoms with Crippen LogP contribution in [0.1, 0.15) is 32.1 Å². The van der Waals surface area contributed by atoms with Gasteiger partial charge in [-0.2, -0.15) is 0 Å². The van der Waals surface area contributed by atoms with Crippen LogP contribution in [0.3, 0.4) is 0 Å². The van der Waals surface area contributed by atoms with Crippen LogP contribution in [0.5, 0.6) is 0 Å². The second kappa shape index (κ2) is 2.96. The molecule has 0 N–H and O–H groups in total. The van der Waals surface area contributed by atoms with Crippen LogP contribution in [0.15, 0.2) is 0 Å². The van der Waals surface area contributed by atoms with Crippen LogP contribution < -0.4 is 0 Å². The van der Waals surface area contributed by atoms with Crippen LogP contribution in [0, 0.1) is 5.41 Å². The minimum Gasteiger partial charge on any atom is -0.381 e. The Hall–Kier alpha value is -0.0800. The molecule has 2 saturated heterocycles. The quantitative estimate of drug-likeness (QED) is 0.610. The molecule has 74 valence electrons.